The summed E-state index contributed by atoms with van der Waals surface area (Å²) < 4.78 is 0. The van der Waals surface area contributed by atoms with Crippen molar-refractivity contribution in [1.82, 2.24) is 0 Å². The lowest BCUT2D eigenvalue weighted by atomic mass is 10.0. The third-order valence-corrected chi connectivity index (χ3v) is 3.08. The first-order valence-corrected chi connectivity index (χ1v) is 6.61. The number of carbonyl (C=O) groups is 1. The molecule has 19 heavy (non-hydrogen) atoms. The van der Waals surface area contributed by atoms with Crippen LogP contribution in [0.25, 0.3) is 10.8 Å². The average molecular weight is 256 g/mol. The molecule has 0 radical (unpaired) electrons. The molecule has 0 saturated carbocycles. The molecule has 2 aromatic rings. The molecule has 0 aliphatic heterocycles. The van der Waals surface area contributed by atoms with Crippen molar-refractivity contribution in [1.29, 1.82) is 0 Å². The molecule has 2 aromatic carbocycles. The zero-order chi connectivity index (χ0) is 13.8. The fourth-order valence-electron chi connectivity index (χ4n) is 2.12. The highest BCUT2D eigenvalue weighted by Gasteiger charge is 2.14. The van der Waals surface area contributed by atoms with E-state index in [9.17, 15) is 4.79 Å². The second kappa shape index (κ2) is 5.85. The van der Waals surface area contributed by atoms with Crippen molar-refractivity contribution in [3.63, 3.8) is 0 Å². The third-order valence-electron chi connectivity index (χ3n) is 3.08. The molecule has 3 N–H and O–H groups in total. The van der Waals surface area contributed by atoms with Crippen molar-refractivity contribution >= 4 is 22.4 Å². The van der Waals surface area contributed by atoms with Crippen LogP contribution in [0, 0.1) is 5.92 Å². The van der Waals surface area contributed by atoms with E-state index in [1.54, 1.807) is 0 Å². The number of hydrogen-bond acceptors (Lipinski definition) is 2. The molecule has 100 valence electrons. The largest absolute Gasteiger partial charge is 0.325 e. The molecule has 3 nitrogen and oxygen atoms in total. The van der Waals surface area contributed by atoms with Gasteiger partial charge in [0.05, 0.1) is 6.04 Å². The number of nitrogens with one attached hydrogen (secondary N) is 1. The Bertz CT molecular complexity index is 578. The lowest BCUT2D eigenvalue weighted by Gasteiger charge is -2.14. The first-order valence-electron chi connectivity index (χ1n) is 6.61. The summed E-state index contributed by atoms with van der Waals surface area (Å²) in [5.74, 6) is 0.293. The first kappa shape index (κ1) is 13.6. The summed E-state index contributed by atoms with van der Waals surface area (Å²) in [6.07, 6.45) is 0.694. The summed E-state index contributed by atoms with van der Waals surface area (Å²) in [6.45, 7) is 4.12. The summed E-state index contributed by atoms with van der Waals surface area (Å²) in [5.41, 5.74) is 6.66. The molecule has 1 amide bonds. The Labute approximate surface area is 113 Å². The number of carbonyl (C=O) groups excluding carboxylic acids is 1. The Morgan fingerprint density at radius 2 is 1.84 bits per heavy atom. The van der Waals surface area contributed by atoms with E-state index in [1.165, 1.54) is 0 Å². The fourth-order valence-corrected chi connectivity index (χ4v) is 2.12. The van der Waals surface area contributed by atoms with Gasteiger partial charge in [-0.2, -0.15) is 0 Å². The van der Waals surface area contributed by atoms with Crippen LogP contribution in [-0.2, 0) is 4.79 Å². The van der Waals surface area contributed by atoms with Gasteiger partial charge in [-0.1, -0.05) is 44.2 Å². The van der Waals surface area contributed by atoms with E-state index in [4.69, 9.17) is 5.73 Å². The normalized spacial score (nSPS) is 12.6. The SMILES string of the molecule is CC(C)C[C@@H](N)C(=O)Nc1ccc2ccccc2c1. The number of anilines is 1. The van der Waals surface area contributed by atoms with E-state index in [2.05, 4.69) is 19.2 Å². The molecule has 0 unspecified atom stereocenters. The average Bonchev–Trinajstić information content (AvgIpc) is 2.37. The van der Waals surface area contributed by atoms with E-state index in [1.807, 2.05) is 42.5 Å². The van der Waals surface area contributed by atoms with Crippen LogP contribution in [0.4, 0.5) is 5.69 Å². The number of fused-ring (bicyclic) bond motifs is 1. The van der Waals surface area contributed by atoms with E-state index in [0.29, 0.717) is 12.3 Å². The second-order valence-electron chi connectivity index (χ2n) is 5.29. The van der Waals surface area contributed by atoms with Gasteiger partial charge >= 0.3 is 0 Å². The number of hydrogen-bond donors (Lipinski definition) is 2. The van der Waals surface area contributed by atoms with E-state index in [-0.39, 0.29) is 5.91 Å². The van der Waals surface area contributed by atoms with Crippen LogP contribution in [0.2, 0.25) is 0 Å². The van der Waals surface area contributed by atoms with Crippen LogP contribution in [0.15, 0.2) is 42.5 Å². The highest BCUT2D eigenvalue weighted by atomic mass is 16.2. The molecule has 2 rings (SSSR count). The summed E-state index contributed by atoms with van der Waals surface area (Å²) >= 11 is 0. The van der Waals surface area contributed by atoms with Gasteiger partial charge < -0.3 is 11.1 Å². The number of benzene rings is 2. The molecule has 0 heterocycles. The lowest BCUT2D eigenvalue weighted by Crippen LogP contribution is -2.36. The minimum Gasteiger partial charge on any atom is -0.325 e. The van der Waals surface area contributed by atoms with Crippen LogP contribution in [0.5, 0.6) is 0 Å². The first-order chi connectivity index (χ1) is 9.06. The molecule has 3 heteroatoms. The molecule has 0 aliphatic carbocycles. The molecule has 0 fully saturated rings. The maximum absolute atomic E-state index is 11.9. The van der Waals surface area contributed by atoms with Gasteiger partial charge in [-0.3, -0.25) is 4.79 Å². The molecule has 0 aliphatic rings. The topological polar surface area (TPSA) is 55.1 Å². The van der Waals surface area contributed by atoms with Gasteiger partial charge in [0.25, 0.3) is 0 Å². The Morgan fingerprint density at radius 1 is 1.16 bits per heavy atom. The van der Waals surface area contributed by atoms with Crippen LogP contribution in [0.1, 0.15) is 20.3 Å². The van der Waals surface area contributed by atoms with Crippen molar-refractivity contribution in [2.75, 3.05) is 5.32 Å². The molecule has 0 bridgehead atoms. The standard InChI is InChI=1S/C16H20N2O/c1-11(2)9-15(17)16(19)18-14-8-7-12-5-3-4-6-13(12)10-14/h3-8,10-11,15H,9,17H2,1-2H3,(H,18,19)/t15-/m1/s1. The number of rotatable bonds is 4. The molecule has 0 aromatic heterocycles. The molecular weight excluding hydrogens is 236 g/mol. The zero-order valence-corrected chi connectivity index (χ0v) is 11.4. The van der Waals surface area contributed by atoms with Crippen LogP contribution in [0.3, 0.4) is 0 Å². The van der Waals surface area contributed by atoms with Crippen LogP contribution >= 0.6 is 0 Å². The highest BCUT2D eigenvalue weighted by Crippen LogP contribution is 2.19. The van der Waals surface area contributed by atoms with Gasteiger partial charge in [-0.25, -0.2) is 0 Å². The van der Waals surface area contributed by atoms with Gasteiger partial charge in [0.1, 0.15) is 0 Å². The fraction of sp³-hybridized carbons (Fsp3) is 0.312. The Hall–Kier alpha value is -1.87. The monoisotopic (exact) mass is 256 g/mol. The Kier molecular flexibility index (Phi) is 4.17. The highest BCUT2D eigenvalue weighted by molar-refractivity contribution is 5.97. The van der Waals surface area contributed by atoms with E-state index >= 15 is 0 Å². The Morgan fingerprint density at radius 3 is 2.53 bits per heavy atom. The molecular formula is C16H20N2O. The van der Waals surface area contributed by atoms with Gasteiger partial charge in [0.15, 0.2) is 0 Å². The summed E-state index contributed by atoms with van der Waals surface area (Å²) in [7, 11) is 0. The predicted octanol–water partition coefficient (Wildman–Crippen LogP) is 3.15. The smallest absolute Gasteiger partial charge is 0.241 e. The minimum absolute atomic E-state index is 0.121. The summed E-state index contributed by atoms with van der Waals surface area (Å²) in [5, 5.41) is 5.14. The lowest BCUT2D eigenvalue weighted by molar-refractivity contribution is -0.117. The number of amides is 1. The van der Waals surface area contributed by atoms with Crippen molar-refractivity contribution in [2.45, 2.75) is 26.3 Å². The number of nitrogens with two attached hydrogens (primary N) is 1. The van der Waals surface area contributed by atoms with Crippen molar-refractivity contribution < 1.29 is 4.79 Å². The van der Waals surface area contributed by atoms with Crippen molar-refractivity contribution in [3.05, 3.63) is 42.5 Å². The second-order valence-corrected chi connectivity index (χ2v) is 5.29. The van der Waals surface area contributed by atoms with Gasteiger partial charge in [-0.15, -0.1) is 0 Å². The Balaban J connectivity index is 2.10. The maximum Gasteiger partial charge on any atom is 0.241 e. The van der Waals surface area contributed by atoms with E-state index in [0.717, 1.165) is 16.5 Å². The molecule has 0 saturated heterocycles. The molecule has 0 spiro atoms. The van der Waals surface area contributed by atoms with Gasteiger partial charge in [0.2, 0.25) is 5.91 Å². The van der Waals surface area contributed by atoms with Crippen LogP contribution < -0.4 is 11.1 Å². The van der Waals surface area contributed by atoms with Gasteiger partial charge in [0, 0.05) is 5.69 Å². The van der Waals surface area contributed by atoms with Crippen LogP contribution in [-0.4, -0.2) is 11.9 Å². The van der Waals surface area contributed by atoms with E-state index < -0.39 is 6.04 Å². The predicted molar refractivity (Wildman–Crippen MR) is 80.0 cm³/mol. The zero-order valence-electron chi connectivity index (χ0n) is 11.4. The van der Waals surface area contributed by atoms with Gasteiger partial charge in [-0.05, 0) is 35.2 Å². The van der Waals surface area contributed by atoms with Crippen molar-refractivity contribution in [2.24, 2.45) is 11.7 Å². The maximum atomic E-state index is 11.9. The summed E-state index contributed by atoms with van der Waals surface area (Å²) in [4.78, 5) is 11.9. The summed E-state index contributed by atoms with van der Waals surface area (Å²) in [6, 6.07) is 13.5. The molecule has 1 atom stereocenters. The quantitative estimate of drug-likeness (QED) is 0.883. The minimum atomic E-state index is -0.452. The third kappa shape index (κ3) is 3.55. The van der Waals surface area contributed by atoms with Crippen molar-refractivity contribution in [3.8, 4) is 0 Å².